The van der Waals surface area contributed by atoms with E-state index in [1.807, 2.05) is 6.92 Å². The minimum absolute atomic E-state index is 0.0439. The monoisotopic (exact) mass is 320 g/mol. The van der Waals surface area contributed by atoms with E-state index in [2.05, 4.69) is 23.7 Å². The van der Waals surface area contributed by atoms with Crippen LogP contribution in [0.3, 0.4) is 0 Å². The number of hydrogen-bond donors (Lipinski definition) is 1. The molecule has 0 amide bonds. The van der Waals surface area contributed by atoms with Crippen LogP contribution in [0.1, 0.15) is 59.3 Å². The Morgan fingerprint density at radius 3 is 2.39 bits per heavy atom. The minimum Gasteiger partial charge on any atom is -0.462 e. The topological polar surface area (TPSA) is 62.4 Å². The van der Waals surface area contributed by atoms with Gasteiger partial charge in [0.15, 0.2) is 5.78 Å². The normalized spacial score (nSPS) is 22.1. The Morgan fingerprint density at radius 1 is 1.22 bits per heavy atom. The Hall–Kier alpha value is -1.62. The standard InChI is InChI=1S/C18H28N2O3/c1-6-23-18(22)16-13(4)17(19-14(16)5)15(21)10-20-8-11(2)7-12(3)9-20/h11-12,19H,6-10H2,1-5H3/t11-,12+. The van der Waals surface area contributed by atoms with Crippen molar-refractivity contribution in [1.29, 1.82) is 0 Å². The molecule has 1 aromatic heterocycles. The van der Waals surface area contributed by atoms with Crippen molar-refractivity contribution in [3.05, 3.63) is 22.5 Å². The van der Waals surface area contributed by atoms with Crippen LogP contribution >= 0.6 is 0 Å². The maximum atomic E-state index is 12.7. The van der Waals surface area contributed by atoms with Crippen molar-refractivity contribution < 1.29 is 14.3 Å². The zero-order valence-electron chi connectivity index (χ0n) is 14.9. The molecule has 0 spiro atoms. The van der Waals surface area contributed by atoms with Crippen LogP contribution in [-0.4, -0.2) is 47.9 Å². The predicted octanol–water partition coefficient (Wildman–Crippen LogP) is 2.97. The van der Waals surface area contributed by atoms with Gasteiger partial charge in [0.25, 0.3) is 0 Å². The van der Waals surface area contributed by atoms with Crippen molar-refractivity contribution in [2.45, 2.75) is 41.0 Å². The number of H-pyrrole nitrogens is 1. The van der Waals surface area contributed by atoms with Gasteiger partial charge in [0.05, 0.1) is 24.4 Å². The van der Waals surface area contributed by atoms with Gasteiger partial charge < -0.3 is 9.72 Å². The van der Waals surface area contributed by atoms with E-state index in [4.69, 9.17) is 4.74 Å². The molecular weight excluding hydrogens is 292 g/mol. The third-order valence-electron chi connectivity index (χ3n) is 4.51. The first-order chi connectivity index (χ1) is 10.8. The summed E-state index contributed by atoms with van der Waals surface area (Å²) in [7, 11) is 0. The first-order valence-corrected chi connectivity index (χ1v) is 8.45. The first-order valence-electron chi connectivity index (χ1n) is 8.45. The highest BCUT2D eigenvalue weighted by molar-refractivity contribution is 6.02. The molecule has 5 nitrogen and oxygen atoms in total. The molecule has 0 unspecified atom stereocenters. The molecule has 1 N–H and O–H groups in total. The SMILES string of the molecule is CCOC(=O)c1c(C)[nH]c(C(=O)CN2C[C@H](C)C[C@H](C)C2)c1C. The van der Waals surface area contributed by atoms with Gasteiger partial charge in [0, 0.05) is 18.8 Å². The quantitative estimate of drug-likeness (QED) is 0.669. The van der Waals surface area contributed by atoms with Gasteiger partial charge in [0.2, 0.25) is 0 Å². The summed E-state index contributed by atoms with van der Waals surface area (Å²) in [6.45, 7) is 12.5. The Labute approximate surface area is 138 Å². The third kappa shape index (κ3) is 4.02. The Morgan fingerprint density at radius 2 is 1.83 bits per heavy atom. The molecule has 2 heterocycles. The lowest BCUT2D eigenvalue weighted by Gasteiger charge is -2.34. The molecule has 128 valence electrons. The fraction of sp³-hybridized carbons (Fsp3) is 0.667. The van der Waals surface area contributed by atoms with Gasteiger partial charge in [0.1, 0.15) is 0 Å². The summed E-state index contributed by atoms with van der Waals surface area (Å²) in [5.74, 6) is 0.918. The lowest BCUT2D eigenvalue weighted by Crippen LogP contribution is -2.41. The number of nitrogens with zero attached hydrogens (tertiary/aromatic N) is 1. The summed E-state index contributed by atoms with van der Waals surface area (Å²) in [6, 6.07) is 0. The number of ketones is 1. The van der Waals surface area contributed by atoms with Crippen molar-refractivity contribution in [2.75, 3.05) is 26.2 Å². The number of ether oxygens (including phenoxy) is 1. The summed E-state index contributed by atoms with van der Waals surface area (Å²) in [4.78, 5) is 30.0. The molecule has 0 bridgehead atoms. The second kappa shape index (κ2) is 7.30. The van der Waals surface area contributed by atoms with Crippen molar-refractivity contribution in [3.8, 4) is 0 Å². The lowest BCUT2D eigenvalue weighted by atomic mass is 9.91. The van der Waals surface area contributed by atoms with Gasteiger partial charge in [-0.15, -0.1) is 0 Å². The van der Waals surface area contributed by atoms with E-state index in [-0.39, 0.29) is 11.8 Å². The highest BCUT2D eigenvalue weighted by atomic mass is 16.5. The third-order valence-corrected chi connectivity index (χ3v) is 4.51. The van der Waals surface area contributed by atoms with E-state index in [1.54, 1.807) is 13.8 Å². The van der Waals surface area contributed by atoms with Gasteiger partial charge in [-0.05, 0) is 44.6 Å². The van der Waals surface area contributed by atoms with Gasteiger partial charge >= 0.3 is 5.97 Å². The first kappa shape index (κ1) is 17.7. The van der Waals surface area contributed by atoms with Gasteiger partial charge in [-0.25, -0.2) is 4.79 Å². The maximum absolute atomic E-state index is 12.7. The van der Waals surface area contributed by atoms with Crippen LogP contribution in [0.4, 0.5) is 0 Å². The van der Waals surface area contributed by atoms with Gasteiger partial charge in [-0.3, -0.25) is 9.69 Å². The fourth-order valence-electron chi connectivity index (χ4n) is 3.74. The highest BCUT2D eigenvalue weighted by Crippen LogP contribution is 2.23. The molecule has 1 fully saturated rings. The number of nitrogens with one attached hydrogen (secondary N) is 1. The zero-order chi connectivity index (χ0) is 17.1. The van der Waals surface area contributed by atoms with Crippen LogP contribution in [0, 0.1) is 25.7 Å². The Bertz CT molecular complexity index is 581. The highest BCUT2D eigenvalue weighted by Gasteiger charge is 2.27. The average molecular weight is 320 g/mol. The van der Waals surface area contributed by atoms with Crippen molar-refractivity contribution >= 4 is 11.8 Å². The second-order valence-corrected chi connectivity index (χ2v) is 6.91. The number of carbonyl (C=O) groups is 2. The van der Waals surface area contributed by atoms with Crippen molar-refractivity contribution in [3.63, 3.8) is 0 Å². The number of aromatic amines is 1. The molecule has 5 heteroatoms. The van der Waals surface area contributed by atoms with Crippen molar-refractivity contribution in [2.24, 2.45) is 11.8 Å². The second-order valence-electron chi connectivity index (χ2n) is 6.91. The summed E-state index contributed by atoms with van der Waals surface area (Å²) < 4.78 is 5.08. The van der Waals surface area contributed by atoms with Crippen LogP contribution in [0.5, 0.6) is 0 Å². The molecular formula is C18H28N2O3. The molecule has 23 heavy (non-hydrogen) atoms. The number of rotatable bonds is 5. The van der Waals surface area contributed by atoms with Crippen LogP contribution in [0.15, 0.2) is 0 Å². The largest absolute Gasteiger partial charge is 0.462 e. The van der Waals surface area contributed by atoms with E-state index >= 15 is 0 Å². The molecule has 2 rings (SSSR count). The summed E-state index contributed by atoms with van der Waals surface area (Å²) >= 11 is 0. The molecule has 2 atom stereocenters. The van der Waals surface area contributed by atoms with Crippen LogP contribution in [0.25, 0.3) is 0 Å². The van der Waals surface area contributed by atoms with E-state index in [1.165, 1.54) is 6.42 Å². The van der Waals surface area contributed by atoms with Gasteiger partial charge in [-0.1, -0.05) is 13.8 Å². The summed E-state index contributed by atoms with van der Waals surface area (Å²) in [5, 5.41) is 0. The van der Waals surface area contributed by atoms with Crippen LogP contribution in [-0.2, 0) is 4.74 Å². The van der Waals surface area contributed by atoms with Crippen molar-refractivity contribution in [1.82, 2.24) is 9.88 Å². The maximum Gasteiger partial charge on any atom is 0.340 e. The molecule has 1 aliphatic rings. The van der Waals surface area contributed by atoms with E-state index < -0.39 is 0 Å². The molecule has 1 aliphatic heterocycles. The van der Waals surface area contributed by atoms with Crippen LogP contribution < -0.4 is 0 Å². The zero-order valence-corrected chi connectivity index (χ0v) is 14.9. The molecule has 1 aromatic rings. The Kier molecular flexibility index (Phi) is 5.63. The van der Waals surface area contributed by atoms with E-state index in [0.29, 0.717) is 47.5 Å². The lowest BCUT2D eigenvalue weighted by molar-refractivity contribution is 0.0525. The smallest absolute Gasteiger partial charge is 0.340 e. The number of Topliss-reactive ketones (excluding diaryl/α,β-unsaturated/α-hetero) is 1. The molecule has 0 aliphatic carbocycles. The summed E-state index contributed by atoms with van der Waals surface area (Å²) in [5.41, 5.74) is 2.43. The Balaban J connectivity index is 2.14. The number of piperidine rings is 1. The van der Waals surface area contributed by atoms with E-state index in [9.17, 15) is 9.59 Å². The van der Waals surface area contributed by atoms with Gasteiger partial charge in [-0.2, -0.15) is 0 Å². The number of likely N-dealkylation sites (tertiary alicyclic amines) is 1. The predicted molar refractivity (Wildman–Crippen MR) is 89.9 cm³/mol. The van der Waals surface area contributed by atoms with E-state index in [0.717, 1.165) is 13.1 Å². The average Bonchev–Trinajstić information content (AvgIpc) is 2.73. The van der Waals surface area contributed by atoms with Crippen LogP contribution in [0.2, 0.25) is 0 Å². The summed E-state index contributed by atoms with van der Waals surface area (Å²) in [6.07, 6.45) is 1.22. The fourth-order valence-corrected chi connectivity index (χ4v) is 3.74. The molecule has 0 radical (unpaired) electrons. The minimum atomic E-state index is -0.363. The number of carbonyl (C=O) groups excluding carboxylic acids is 2. The molecule has 0 aromatic carbocycles. The molecule has 0 saturated carbocycles. The molecule has 1 saturated heterocycles. The number of hydrogen-bond acceptors (Lipinski definition) is 4. The number of esters is 1. The number of aromatic nitrogens is 1. The number of aryl methyl sites for hydroxylation is 1.